The summed E-state index contributed by atoms with van der Waals surface area (Å²) >= 11 is 0. The molecule has 1 aromatic rings. The number of furan rings is 1. The molecule has 0 atom stereocenters. The van der Waals surface area contributed by atoms with E-state index in [0.717, 1.165) is 0 Å². The number of amides is 2. The highest BCUT2D eigenvalue weighted by Gasteiger charge is 2.22. The number of carbonyl (C=O) groups excluding carboxylic acids is 2. The van der Waals surface area contributed by atoms with E-state index in [1.807, 2.05) is 13.8 Å². The van der Waals surface area contributed by atoms with Crippen LogP contribution in [-0.4, -0.2) is 29.7 Å². The molecule has 6 heteroatoms. The van der Waals surface area contributed by atoms with Crippen LogP contribution in [0.5, 0.6) is 0 Å². The molecule has 0 bridgehead atoms. The largest absolute Gasteiger partial charge is 0.465 e. The van der Waals surface area contributed by atoms with Crippen LogP contribution in [0, 0.1) is 0 Å². The molecule has 122 valence electrons. The summed E-state index contributed by atoms with van der Waals surface area (Å²) in [5.41, 5.74) is -1.16. The van der Waals surface area contributed by atoms with Gasteiger partial charge in [-0.1, -0.05) is 0 Å². The van der Waals surface area contributed by atoms with E-state index in [4.69, 9.17) is 9.15 Å². The summed E-state index contributed by atoms with van der Waals surface area (Å²) in [4.78, 5) is 23.4. The van der Waals surface area contributed by atoms with E-state index in [9.17, 15) is 9.59 Å². The van der Waals surface area contributed by atoms with Gasteiger partial charge < -0.3 is 19.8 Å². The van der Waals surface area contributed by atoms with E-state index in [-0.39, 0.29) is 12.5 Å². The van der Waals surface area contributed by atoms with Gasteiger partial charge in [0.15, 0.2) is 0 Å². The van der Waals surface area contributed by atoms with Gasteiger partial charge >= 0.3 is 6.09 Å². The lowest BCUT2D eigenvalue weighted by Crippen LogP contribution is -2.51. The second-order valence-electron chi connectivity index (χ2n) is 6.58. The molecule has 0 saturated heterocycles. The molecule has 1 rings (SSSR count). The summed E-state index contributed by atoms with van der Waals surface area (Å²) in [5.74, 6) is 0.326. The molecule has 0 saturated carbocycles. The molecule has 1 heterocycles. The molecule has 0 radical (unpaired) electrons. The average Bonchev–Trinajstić information content (AvgIpc) is 2.84. The normalized spacial score (nSPS) is 12.2. The van der Waals surface area contributed by atoms with Gasteiger partial charge in [0.1, 0.15) is 11.4 Å². The van der Waals surface area contributed by atoms with Crippen LogP contribution < -0.4 is 10.6 Å². The lowest BCUT2D eigenvalue weighted by Gasteiger charge is -2.27. The molecule has 0 fully saturated rings. The van der Waals surface area contributed by atoms with Gasteiger partial charge in [0.05, 0.1) is 11.8 Å². The standard InChI is InChI=1S/C16H24N2O4/c1-15(2,3)22-14(20)17-11-16(4,5)18-13(19)9-8-12-7-6-10-21-12/h6-10H,11H2,1-5H3,(H,17,20)(H,18,19). The Labute approximate surface area is 130 Å². The SMILES string of the molecule is CC(C)(CNC(=O)OC(C)(C)C)NC(=O)C=Cc1ccco1. The molecule has 2 amide bonds. The minimum atomic E-state index is -0.610. The Bertz CT molecular complexity index is 525. The molecule has 1 aromatic heterocycles. The highest BCUT2D eigenvalue weighted by Crippen LogP contribution is 2.08. The van der Waals surface area contributed by atoms with Gasteiger partial charge in [-0.2, -0.15) is 0 Å². The van der Waals surface area contributed by atoms with Crippen molar-refractivity contribution in [2.24, 2.45) is 0 Å². The van der Waals surface area contributed by atoms with Crippen molar-refractivity contribution in [1.29, 1.82) is 0 Å². The van der Waals surface area contributed by atoms with Gasteiger partial charge in [0, 0.05) is 12.6 Å². The van der Waals surface area contributed by atoms with Gasteiger partial charge in [0.25, 0.3) is 0 Å². The second-order valence-corrected chi connectivity index (χ2v) is 6.58. The summed E-state index contributed by atoms with van der Waals surface area (Å²) in [6.45, 7) is 9.24. The summed E-state index contributed by atoms with van der Waals surface area (Å²) in [6, 6.07) is 3.49. The number of nitrogens with one attached hydrogen (secondary N) is 2. The number of hydrogen-bond donors (Lipinski definition) is 2. The molecule has 6 nitrogen and oxygen atoms in total. The average molecular weight is 308 g/mol. The Morgan fingerprint density at radius 3 is 2.50 bits per heavy atom. The third-order valence-electron chi connectivity index (χ3n) is 2.48. The third kappa shape index (κ3) is 7.52. The van der Waals surface area contributed by atoms with Gasteiger partial charge in [-0.25, -0.2) is 4.79 Å². The molecule has 22 heavy (non-hydrogen) atoms. The maximum Gasteiger partial charge on any atom is 0.407 e. The van der Waals surface area contributed by atoms with E-state index < -0.39 is 17.2 Å². The van der Waals surface area contributed by atoms with Gasteiger partial charge in [0.2, 0.25) is 5.91 Å². The van der Waals surface area contributed by atoms with E-state index in [0.29, 0.717) is 5.76 Å². The first-order chi connectivity index (χ1) is 10.1. The number of hydrogen-bond acceptors (Lipinski definition) is 4. The first-order valence-electron chi connectivity index (χ1n) is 7.08. The lowest BCUT2D eigenvalue weighted by molar-refractivity contribution is -0.117. The zero-order valence-electron chi connectivity index (χ0n) is 13.7. The maximum atomic E-state index is 11.8. The van der Waals surface area contributed by atoms with Gasteiger partial charge in [-0.15, -0.1) is 0 Å². The van der Waals surface area contributed by atoms with E-state index in [1.54, 1.807) is 39.0 Å². The monoisotopic (exact) mass is 308 g/mol. The van der Waals surface area contributed by atoms with Crippen molar-refractivity contribution in [1.82, 2.24) is 10.6 Å². The quantitative estimate of drug-likeness (QED) is 0.820. The van der Waals surface area contributed by atoms with Crippen LogP contribution >= 0.6 is 0 Å². The topological polar surface area (TPSA) is 80.6 Å². The Hall–Kier alpha value is -2.24. The fraction of sp³-hybridized carbons (Fsp3) is 0.500. The van der Waals surface area contributed by atoms with Crippen molar-refractivity contribution < 1.29 is 18.7 Å². The van der Waals surface area contributed by atoms with Crippen molar-refractivity contribution in [3.05, 3.63) is 30.2 Å². The first-order valence-corrected chi connectivity index (χ1v) is 7.08. The van der Waals surface area contributed by atoms with Crippen LogP contribution in [0.15, 0.2) is 28.9 Å². The van der Waals surface area contributed by atoms with Crippen molar-refractivity contribution in [2.75, 3.05) is 6.54 Å². The van der Waals surface area contributed by atoms with Gasteiger partial charge in [-0.05, 0) is 52.8 Å². The fourth-order valence-corrected chi connectivity index (χ4v) is 1.57. The number of rotatable bonds is 5. The predicted octanol–water partition coefficient (Wildman–Crippen LogP) is 2.71. The molecule has 0 spiro atoms. The number of alkyl carbamates (subject to hydrolysis) is 1. The molecule has 0 aliphatic carbocycles. The Morgan fingerprint density at radius 2 is 1.95 bits per heavy atom. The van der Waals surface area contributed by atoms with Crippen LogP contribution in [0.2, 0.25) is 0 Å². The summed E-state index contributed by atoms with van der Waals surface area (Å²) in [5, 5.41) is 5.44. The summed E-state index contributed by atoms with van der Waals surface area (Å²) < 4.78 is 10.2. The Morgan fingerprint density at radius 1 is 1.27 bits per heavy atom. The van der Waals surface area contributed by atoms with Crippen molar-refractivity contribution in [2.45, 2.75) is 45.8 Å². The Balaban J connectivity index is 2.42. The van der Waals surface area contributed by atoms with Crippen LogP contribution in [0.25, 0.3) is 6.08 Å². The van der Waals surface area contributed by atoms with Crippen LogP contribution in [0.4, 0.5) is 4.79 Å². The highest BCUT2D eigenvalue weighted by molar-refractivity contribution is 5.91. The molecular formula is C16H24N2O4. The van der Waals surface area contributed by atoms with E-state index in [2.05, 4.69) is 10.6 Å². The maximum absolute atomic E-state index is 11.8. The zero-order chi connectivity index (χ0) is 16.8. The number of carbonyl (C=O) groups is 2. The smallest absolute Gasteiger partial charge is 0.407 e. The molecule has 0 aliphatic rings. The second kappa shape index (κ2) is 7.15. The van der Waals surface area contributed by atoms with Crippen LogP contribution in [0.1, 0.15) is 40.4 Å². The summed E-state index contributed by atoms with van der Waals surface area (Å²) in [6.07, 6.45) is 3.98. The number of ether oxygens (including phenoxy) is 1. The van der Waals surface area contributed by atoms with Crippen molar-refractivity contribution >= 4 is 18.1 Å². The van der Waals surface area contributed by atoms with E-state index >= 15 is 0 Å². The highest BCUT2D eigenvalue weighted by atomic mass is 16.6. The Kier molecular flexibility index (Phi) is 5.79. The van der Waals surface area contributed by atoms with Crippen LogP contribution in [0.3, 0.4) is 0 Å². The molecule has 2 N–H and O–H groups in total. The van der Waals surface area contributed by atoms with E-state index in [1.165, 1.54) is 12.3 Å². The minimum absolute atomic E-state index is 0.252. The predicted molar refractivity (Wildman–Crippen MR) is 84.2 cm³/mol. The fourth-order valence-electron chi connectivity index (χ4n) is 1.57. The summed E-state index contributed by atoms with van der Waals surface area (Å²) in [7, 11) is 0. The van der Waals surface area contributed by atoms with Crippen molar-refractivity contribution in [3.63, 3.8) is 0 Å². The third-order valence-corrected chi connectivity index (χ3v) is 2.48. The minimum Gasteiger partial charge on any atom is -0.465 e. The van der Waals surface area contributed by atoms with Crippen molar-refractivity contribution in [3.8, 4) is 0 Å². The first kappa shape index (κ1) is 17.8. The molecular weight excluding hydrogens is 284 g/mol. The zero-order valence-corrected chi connectivity index (χ0v) is 13.7. The molecule has 0 aliphatic heterocycles. The molecule has 0 unspecified atom stereocenters. The lowest BCUT2D eigenvalue weighted by atomic mass is 10.1. The van der Waals surface area contributed by atoms with Gasteiger partial charge in [-0.3, -0.25) is 4.79 Å². The molecule has 0 aromatic carbocycles. The van der Waals surface area contributed by atoms with Crippen LogP contribution in [-0.2, 0) is 9.53 Å².